The SMILES string of the molecule is O=c1[nH]cc(C(F)(F)C(F)(F)F)c(=O)[nH]1. The Morgan fingerprint density at radius 1 is 1.07 bits per heavy atom. The predicted octanol–water partition coefficient (Wildman–Crippen LogP) is 0.717. The van der Waals surface area contributed by atoms with Crippen LogP contribution >= 0.6 is 0 Å². The van der Waals surface area contributed by atoms with Crippen molar-refractivity contribution in [1.82, 2.24) is 9.97 Å². The number of hydrogen-bond acceptors (Lipinski definition) is 2. The van der Waals surface area contributed by atoms with E-state index in [9.17, 15) is 31.5 Å². The van der Waals surface area contributed by atoms with Crippen molar-refractivity contribution < 1.29 is 22.0 Å². The molecule has 0 fully saturated rings. The molecule has 0 aliphatic rings. The molecule has 0 saturated carbocycles. The lowest BCUT2D eigenvalue weighted by Crippen LogP contribution is -2.40. The highest BCUT2D eigenvalue weighted by Crippen LogP contribution is 2.41. The van der Waals surface area contributed by atoms with E-state index in [0.29, 0.717) is 0 Å². The third-order valence-electron chi connectivity index (χ3n) is 1.51. The number of H-pyrrole nitrogens is 2. The molecule has 1 rings (SSSR count). The Kier molecular flexibility index (Phi) is 2.41. The van der Waals surface area contributed by atoms with Crippen LogP contribution in [0.15, 0.2) is 15.8 Å². The number of aromatic amines is 2. The minimum absolute atomic E-state index is 0.0364. The smallest absolute Gasteiger partial charge is 0.314 e. The number of alkyl halides is 5. The second-order valence-electron chi connectivity index (χ2n) is 2.56. The van der Waals surface area contributed by atoms with Gasteiger partial charge in [-0.1, -0.05) is 0 Å². The minimum Gasteiger partial charge on any atom is -0.314 e. The molecule has 0 amide bonds. The molecule has 1 heterocycles. The second-order valence-corrected chi connectivity index (χ2v) is 2.56. The van der Waals surface area contributed by atoms with Crippen LogP contribution in [0.2, 0.25) is 0 Å². The van der Waals surface area contributed by atoms with Crippen molar-refractivity contribution in [3.05, 3.63) is 32.6 Å². The van der Waals surface area contributed by atoms with E-state index in [0.717, 1.165) is 0 Å². The van der Waals surface area contributed by atoms with Gasteiger partial charge in [0.25, 0.3) is 5.56 Å². The molecule has 0 bridgehead atoms. The zero-order chi connectivity index (χ0) is 11.9. The number of nitrogens with one attached hydrogen (secondary N) is 2. The van der Waals surface area contributed by atoms with Crippen LogP contribution in [0.5, 0.6) is 0 Å². The van der Waals surface area contributed by atoms with Gasteiger partial charge < -0.3 is 4.98 Å². The lowest BCUT2D eigenvalue weighted by atomic mass is 10.2. The molecule has 84 valence electrons. The summed E-state index contributed by atoms with van der Waals surface area (Å²) >= 11 is 0. The van der Waals surface area contributed by atoms with Crippen molar-refractivity contribution in [3.63, 3.8) is 0 Å². The fraction of sp³-hybridized carbons (Fsp3) is 0.333. The van der Waals surface area contributed by atoms with Crippen LogP contribution in [-0.2, 0) is 5.92 Å². The number of hydrogen-bond donors (Lipinski definition) is 2. The van der Waals surface area contributed by atoms with E-state index in [1.807, 2.05) is 0 Å². The van der Waals surface area contributed by atoms with E-state index >= 15 is 0 Å². The quantitative estimate of drug-likeness (QED) is 0.698. The monoisotopic (exact) mass is 230 g/mol. The summed E-state index contributed by atoms with van der Waals surface area (Å²) in [5.74, 6) is -5.30. The highest BCUT2D eigenvalue weighted by molar-refractivity contribution is 5.13. The Balaban J connectivity index is 3.41. The molecule has 0 aromatic carbocycles. The normalized spacial score (nSPS) is 12.9. The van der Waals surface area contributed by atoms with Crippen molar-refractivity contribution >= 4 is 0 Å². The van der Waals surface area contributed by atoms with Gasteiger partial charge in [-0.15, -0.1) is 0 Å². The van der Waals surface area contributed by atoms with Gasteiger partial charge in [0, 0.05) is 6.20 Å². The molecule has 0 unspecified atom stereocenters. The Bertz CT molecular complexity index is 471. The molecule has 0 radical (unpaired) electrons. The summed E-state index contributed by atoms with van der Waals surface area (Å²) in [6.45, 7) is 0. The second kappa shape index (κ2) is 3.17. The molecule has 1 aromatic heterocycles. The van der Waals surface area contributed by atoms with Crippen LogP contribution in [0.1, 0.15) is 5.56 Å². The van der Waals surface area contributed by atoms with Gasteiger partial charge >= 0.3 is 17.8 Å². The van der Waals surface area contributed by atoms with E-state index < -0.39 is 28.9 Å². The van der Waals surface area contributed by atoms with Crippen LogP contribution in [0.3, 0.4) is 0 Å². The molecule has 0 atom stereocenters. The maximum Gasteiger partial charge on any atom is 0.458 e. The van der Waals surface area contributed by atoms with Gasteiger partial charge in [-0.2, -0.15) is 22.0 Å². The van der Waals surface area contributed by atoms with Gasteiger partial charge in [-0.05, 0) is 0 Å². The molecule has 0 aliphatic carbocycles. The number of halogens is 5. The molecule has 15 heavy (non-hydrogen) atoms. The zero-order valence-electron chi connectivity index (χ0n) is 6.78. The molecule has 0 spiro atoms. The van der Waals surface area contributed by atoms with Crippen LogP contribution in [0.25, 0.3) is 0 Å². The summed E-state index contributed by atoms with van der Waals surface area (Å²) in [5.41, 5.74) is -4.79. The van der Waals surface area contributed by atoms with E-state index in [2.05, 4.69) is 0 Å². The summed E-state index contributed by atoms with van der Waals surface area (Å²) in [4.78, 5) is 23.9. The molecule has 4 nitrogen and oxygen atoms in total. The van der Waals surface area contributed by atoms with Crippen LogP contribution < -0.4 is 11.2 Å². The standard InChI is InChI=1S/C6H3F5N2O2/c7-5(8,6(9,10)11)2-1-12-4(15)13-3(2)14/h1H,(H2,12,13,14,15). The molecule has 2 N–H and O–H groups in total. The lowest BCUT2D eigenvalue weighted by Gasteiger charge is -2.18. The fourth-order valence-corrected chi connectivity index (χ4v) is 0.796. The average Bonchev–Trinajstić information content (AvgIpc) is 2.00. The first kappa shape index (κ1) is 11.4. The minimum atomic E-state index is -5.89. The van der Waals surface area contributed by atoms with Gasteiger partial charge in [-0.25, -0.2) is 4.79 Å². The summed E-state index contributed by atoms with van der Waals surface area (Å²) in [5, 5.41) is 0. The van der Waals surface area contributed by atoms with Crippen molar-refractivity contribution in [2.75, 3.05) is 0 Å². The Morgan fingerprint density at radius 3 is 2.00 bits per heavy atom. The summed E-state index contributed by atoms with van der Waals surface area (Å²) in [7, 11) is 0. The maximum absolute atomic E-state index is 12.6. The summed E-state index contributed by atoms with van der Waals surface area (Å²) in [6, 6.07) is 0. The highest BCUT2D eigenvalue weighted by Gasteiger charge is 2.60. The first-order chi connectivity index (χ1) is 6.66. The van der Waals surface area contributed by atoms with Crippen molar-refractivity contribution in [2.45, 2.75) is 12.1 Å². The Morgan fingerprint density at radius 2 is 1.60 bits per heavy atom. The van der Waals surface area contributed by atoms with Crippen molar-refractivity contribution in [3.8, 4) is 0 Å². The predicted molar refractivity (Wildman–Crippen MR) is 37.6 cm³/mol. The Hall–Kier alpha value is -1.67. The topological polar surface area (TPSA) is 65.7 Å². The number of aromatic nitrogens is 2. The van der Waals surface area contributed by atoms with Crippen molar-refractivity contribution in [1.29, 1.82) is 0 Å². The van der Waals surface area contributed by atoms with Gasteiger partial charge in [0.1, 0.15) is 5.56 Å². The largest absolute Gasteiger partial charge is 0.458 e. The summed E-state index contributed by atoms with van der Waals surface area (Å²) < 4.78 is 60.6. The van der Waals surface area contributed by atoms with Gasteiger partial charge in [0.15, 0.2) is 0 Å². The molecule has 0 saturated heterocycles. The van der Waals surface area contributed by atoms with Gasteiger partial charge in [0.2, 0.25) is 0 Å². The maximum atomic E-state index is 12.6. The summed E-state index contributed by atoms with van der Waals surface area (Å²) in [6.07, 6.45) is -5.85. The van der Waals surface area contributed by atoms with Crippen LogP contribution in [-0.4, -0.2) is 16.1 Å². The molecular formula is C6H3F5N2O2. The average molecular weight is 230 g/mol. The van der Waals surface area contributed by atoms with Crippen molar-refractivity contribution in [2.24, 2.45) is 0 Å². The van der Waals surface area contributed by atoms with E-state index in [-0.39, 0.29) is 6.20 Å². The molecular weight excluding hydrogens is 227 g/mol. The Labute approximate surface area is 77.8 Å². The molecule has 1 aromatic rings. The third-order valence-corrected chi connectivity index (χ3v) is 1.51. The lowest BCUT2D eigenvalue weighted by molar-refractivity contribution is -0.290. The van der Waals surface area contributed by atoms with Gasteiger partial charge in [0.05, 0.1) is 0 Å². The fourth-order valence-electron chi connectivity index (χ4n) is 0.796. The van der Waals surface area contributed by atoms with E-state index in [4.69, 9.17) is 0 Å². The van der Waals surface area contributed by atoms with Crippen LogP contribution in [0, 0.1) is 0 Å². The number of rotatable bonds is 1. The third kappa shape index (κ3) is 1.90. The molecule has 0 aliphatic heterocycles. The first-order valence-electron chi connectivity index (χ1n) is 3.43. The highest BCUT2D eigenvalue weighted by atomic mass is 19.4. The van der Waals surface area contributed by atoms with E-state index in [1.165, 1.54) is 9.97 Å². The first-order valence-corrected chi connectivity index (χ1v) is 3.43. The molecule has 9 heteroatoms. The van der Waals surface area contributed by atoms with E-state index in [1.54, 1.807) is 0 Å². The van der Waals surface area contributed by atoms with Crippen LogP contribution in [0.4, 0.5) is 22.0 Å². The van der Waals surface area contributed by atoms with Gasteiger partial charge in [-0.3, -0.25) is 9.78 Å². The zero-order valence-corrected chi connectivity index (χ0v) is 6.78.